The van der Waals surface area contributed by atoms with Crippen LogP contribution in [-0.2, 0) is 9.78 Å². The quantitative estimate of drug-likeness (QED) is 0.249. The van der Waals surface area contributed by atoms with Crippen LogP contribution in [0.15, 0.2) is 0 Å². The van der Waals surface area contributed by atoms with Gasteiger partial charge < -0.3 is 20.4 Å². The Bertz CT molecular complexity index is 113. The summed E-state index contributed by atoms with van der Waals surface area (Å²) in [4.78, 5) is 23.7. The SMILES string of the molecule is O=C(O)O.O=C(O)O.OOCCl.OOCCl. The van der Waals surface area contributed by atoms with Crippen LogP contribution in [0.4, 0.5) is 9.59 Å². The second-order valence-corrected chi connectivity index (χ2v) is 1.48. The highest BCUT2D eigenvalue weighted by Crippen LogP contribution is 1.66. The second-order valence-electron chi connectivity index (χ2n) is 1.04. The first-order chi connectivity index (χ1) is 7.29. The van der Waals surface area contributed by atoms with Crippen LogP contribution in [-0.4, -0.2) is 55.4 Å². The van der Waals surface area contributed by atoms with Crippen molar-refractivity contribution >= 4 is 35.5 Å². The molecule has 0 aromatic carbocycles. The van der Waals surface area contributed by atoms with Crippen LogP contribution < -0.4 is 0 Å². The Morgan fingerprint density at radius 2 is 0.875 bits per heavy atom. The molecule has 12 heteroatoms. The summed E-state index contributed by atoms with van der Waals surface area (Å²) < 4.78 is 0. The van der Waals surface area contributed by atoms with E-state index in [9.17, 15) is 0 Å². The summed E-state index contributed by atoms with van der Waals surface area (Å²) >= 11 is 9.43. The fourth-order valence-corrected chi connectivity index (χ4v) is 0. The molecule has 0 aromatic heterocycles. The molecule has 0 aliphatic rings. The first-order valence-electron chi connectivity index (χ1n) is 2.78. The lowest BCUT2D eigenvalue weighted by Gasteiger charge is -1.71. The van der Waals surface area contributed by atoms with Gasteiger partial charge in [0.25, 0.3) is 0 Å². The summed E-state index contributed by atoms with van der Waals surface area (Å²) in [6, 6.07) is -0.306. The molecular formula is C4H10Cl2O10. The van der Waals surface area contributed by atoms with Crippen LogP contribution in [0.25, 0.3) is 0 Å². The number of hydrogen-bond acceptors (Lipinski definition) is 6. The van der Waals surface area contributed by atoms with Gasteiger partial charge in [0.2, 0.25) is 0 Å². The molecule has 0 saturated carbocycles. The van der Waals surface area contributed by atoms with Crippen LogP contribution in [0.5, 0.6) is 0 Å². The Morgan fingerprint density at radius 1 is 0.812 bits per heavy atom. The molecule has 0 amide bonds. The Hall–Kier alpha value is -1.04. The first-order valence-corrected chi connectivity index (χ1v) is 3.85. The summed E-state index contributed by atoms with van der Waals surface area (Å²) in [6.07, 6.45) is -3.67. The van der Waals surface area contributed by atoms with E-state index < -0.39 is 12.3 Å². The van der Waals surface area contributed by atoms with Gasteiger partial charge in [-0.05, 0) is 0 Å². The Morgan fingerprint density at radius 3 is 0.875 bits per heavy atom. The van der Waals surface area contributed by atoms with E-state index in [0.29, 0.717) is 0 Å². The highest BCUT2D eigenvalue weighted by Gasteiger charge is 1.70. The summed E-state index contributed by atoms with van der Waals surface area (Å²) in [5.74, 6) is 0. The molecule has 0 aliphatic carbocycles. The van der Waals surface area contributed by atoms with Crippen LogP contribution in [0.1, 0.15) is 0 Å². The van der Waals surface area contributed by atoms with Gasteiger partial charge >= 0.3 is 12.3 Å². The van der Waals surface area contributed by atoms with Crippen molar-refractivity contribution in [3.05, 3.63) is 0 Å². The van der Waals surface area contributed by atoms with Crippen LogP contribution in [0, 0.1) is 0 Å². The molecular weight excluding hydrogens is 279 g/mol. The number of carboxylic acid groups (broad SMARTS) is 4. The molecule has 0 heterocycles. The van der Waals surface area contributed by atoms with E-state index in [2.05, 4.69) is 9.78 Å². The third-order valence-electron chi connectivity index (χ3n) is 0.0976. The lowest BCUT2D eigenvalue weighted by atomic mass is 11.5. The van der Waals surface area contributed by atoms with Gasteiger partial charge in [0.05, 0.1) is 0 Å². The summed E-state index contributed by atoms with van der Waals surface area (Å²) in [5, 5.41) is 42.4. The van der Waals surface area contributed by atoms with Gasteiger partial charge in [0, 0.05) is 0 Å². The van der Waals surface area contributed by atoms with Crippen molar-refractivity contribution in [1.82, 2.24) is 0 Å². The lowest BCUT2D eigenvalue weighted by Crippen LogP contribution is -1.81. The standard InChI is InChI=1S/2CH3ClO2.2CH2O3/c2*2-1-4-3;2*2-1(3)4/h2*3H,1H2;2*(H2,2,3,4). The average Bonchev–Trinajstić information content (AvgIpc) is 2.16. The lowest BCUT2D eigenvalue weighted by molar-refractivity contribution is -0.224. The zero-order valence-corrected chi connectivity index (χ0v) is 9.00. The van der Waals surface area contributed by atoms with E-state index in [1.54, 1.807) is 0 Å². The topological polar surface area (TPSA) is 174 Å². The maximum atomic E-state index is 8.56. The average molecular weight is 289 g/mol. The highest BCUT2D eigenvalue weighted by molar-refractivity contribution is 6.17. The van der Waals surface area contributed by atoms with Gasteiger partial charge in [-0.25, -0.2) is 19.4 Å². The largest absolute Gasteiger partial charge is 0.503 e. The van der Waals surface area contributed by atoms with Gasteiger partial charge in [-0.2, -0.15) is 0 Å². The fraction of sp³-hybridized carbons (Fsp3) is 0.500. The van der Waals surface area contributed by atoms with Gasteiger partial charge in [-0.15, -0.1) is 0 Å². The van der Waals surface area contributed by atoms with Gasteiger partial charge in [-0.3, -0.25) is 10.5 Å². The number of alkyl halides is 2. The summed E-state index contributed by atoms with van der Waals surface area (Å²) in [7, 11) is 0. The van der Waals surface area contributed by atoms with Crippen LogP contribution in [0.3, 0.4) is 0 Å². The summed E-state index contributed by atoms with van der Waals surface area (Å²) in [5.41, 5.74) is 0. The smallest absolute Gasteiger partial charge is 0.450 e. The molecule has 0 radical (unpaired) electrons. The van der Waals surface area contributed by atoms with Crippen molar-refractivity contribution in [2.45, 2.75) is 0 Å². The van der Waals surface area contributed by atoms with Crippen LogP contribution in [0.2, 0.25) is 0 Å². The molecule has 0 unspecified atom stereocenters. The monoisotopic (exact) mass is 288 g/mol. The predicted molar refractivity (Wildman–Crippen MR) is 50.2 cm³/mol. The highest BCUT2D eigenvalue weighted by atomic mass is 35.5. The van der Waals surface area contributed by atoms with Crippen LogP contribution >= 0.6 is 23.2 Å². The maximum absolute atomic E-state index is 8.56. The number of rotatable bonds is 2. The molecule has 6 N–H and O–H groups in total. The zero-order chi connectivity index (χ0) is 14.0. The summed E-state index contributed by atoms with van der Waals surface area (Å²) in [6.45, 7) is 0. The predicted octanol–water partition coefficient (Wildman–Crippen LogP) is 1.79. The molecule has 0 bridgehead atoms. The molecule has 0 fully saturated rings. The molecule has 16 heavy (non-hydrogen) atoms. The van der Waals surface area contributed by atoms with Crippen molar-refractivity contribution in [3.8, 4) is 0 Å². The molecule has 0 aliphatic heterocycles. The molecule has 0 saturated heterocycles. The van der Waals surface area contributed by atoms with Crippen molar-refractivity contribution in [2.75, 3.05) is 12.1 Å². The van der Waals surface area contributed by atoms with E-state index in [4.69, 9.17) is 63.7 Å². The molecule has 0 aromatic rings. The Kier molecular flexibility index (Phi) is 44.3. The number of hydrogen-bond donors (Lipinski definition) is 6. The third-order valence-corrected chi connectivity index (χ3v) is 0.293. The molecule has 100 valence electrons. The van der Waals surface area contributed by atoms with Gasteiger partial charge in [0.1, 0.15) is 0 Å². The van der Waals surface area contributed by atoms with E-state index in [1.165, 1.54) is 0 Å². The molecule has 0 atom stereocenters. The molecule has 0 spiro atoms. The van der Waals surface area contributed by atoms with Crippen molar-refractivity contribution in [1.29, 1.82) is 0 Å². The van der Waals surface area contributed by atoms with E-state index in [-0.39, 0.29) is 12.1 Å². The minimum absolute atomic E-state index is 0.153. The molecule has 10 nitrogen and oxygen atoms in total. The van der Waals surface area contributed by atoms with E-state index >= 15 is 0 Å². The third kappa shape index (κ3) is 2010. The Balaban J connectivity index is -0.0000000600. The number of halogens is 2. The van der Waals surface area contributed by atoms with Gasteiger partial charge in [-0.1, -0.05) is 23.2 Å². The van der Waals surface area contributed by atoms with Crippen molar-refractivity contribution in [3.63, 3.8) is 0 Å². The minimum atomic E-state index is -1.83. The van der Waals surface area contributed by atoms with Crippen molar-refractivity contribution in [2.24, 2.45) is 0 Å². The molecule has 0 rings (SSSR count). The van der Waals surface area contributed by atoms with Crippen molar-refractivity contribution < 1.29 is 50.3 Å². The first kappa shape index (κ1) is 24.3. The minimum Gasteiger partial charge on any atom is -0.450 e. The number of carbonyl (C=O) groups is 2. The van der Waals surface area contributed by atoms with E-state index in [1.807, 2.05) is 0 Å². The van der Waals surface area contributed by atoms with E-state index in [0.717, 1.165) is 0 Å². The maximum Gasteiger partial charge on any atom is 0.503 e. The zero-order valence-electron chi connectivity index (χ0n) is 7.49. The normalized spacial score (nSPS) is 6.75. The fourth-order valence-electron chi connectivity index (χ4n) is 0. The Labute approximate surface area is 98.6 Å². The second kappa shape index (κ2) is 29.2. The van der Waals surface area contributed by atoms with Gasteiger partial charge in [0.15, 0.2) is 12.1 Å².